The Morgan fingerprint density at radius 1 is 0.345 bits per heavy atom. The molecular weight excluding hydrogens is 733 g/mol. The Hall–Kier alpha value is -5.38. The molecule has 2 aliphatic heterocycles. The number of rotatable bonds is 24. The summed E-state index contributed by atoms with van der Waals surface area (Å²) in [5.41, 5.74) is 2.06. The predicted octanol–water partition coefficient (Wildman–Crippen LogP) is 10.9. The van der Waals surface area contributed by atoms with Gasteiger partial charge in [-0.15, -0.1) is 0 Å². The number of fused-ring (bicyclic) bond motifs is 2. The maximum absolute atomic E-state index is 13.9. The molecule has 2 aliphatic rings. The van der Waals surface area contributed by atoms with E-state index in [-0.39, 0.29) is 36.5 Å². The summed E-state index contributed by atoms with van der Waals surface area (Å²) in [5, 5.41) is 24.1. The van der Waals surface area contributed by atoms with Crippen molar-refractivity contribution < 1.29 is 39.0 Å². The fraction of sp³-hybridized carbons (Fsp3) is 0.458. The Kier molecular flexibility index (Phi) is 13.0. The molecule has 2 N–H and O–H groups in total. The highest BCUT2D eigenvalue weighted by molar-refractivity contribution is 6.41. The molecule has 5 aromatic carbocycles. The van der Waals surface area contributed by atoms with Crippen LogP contribution in [0.1, 0.15) is 170 Å². The van der Waals surface area contributed by atoms with Gasteiger partial charge < -0.3 is 10.2 Å². The third kappa shape index (κ3) is 8.29. The number of aliphatic carboxylic acids is 2. The third-order valence-electron chi connectivity index (χ3n) is 12.3. The van der Waals surface area contributed by atoms with Crippen molar-refractivity contribution in [2.75, 3.05) is 13.1 Å². The molecule has 2 heterocycles. The van der Waals surface area contributed by atoms with E-state index in [1.807, 2.05) is 48.5 Å². The van der Waals surface area contributed by atoms with Crippen LogP contribution in [0.25, 0.3) is 43.1 Å². The second-order valence-electron chi connectivity index (χ2n) is 16.3. The fourth-order valence-electron chi connectivity index (χ4n) is 9.34. The molecule has 0 radical (unpaired) electrons. The van der Waals surface area contributed by atoms with E-state index in [0.717, 1.165) is 148 Å². The number of carbonyl (C=O) groups is 6. The van der Waals surface area contributed by atoms with Gasteiger partial charge in [0, 0.05) is 59.0 Å². The van der Waals surface area contributed by atoms with Crippen molar-refractivity contribution in [3.8, 4) is 0 Å². The number of imide groups is 2. The van der Waals surface area contributed by atoms with Crippen LogP contribution in [-0.4, -0.2) is 68.7 Å². The first-order valence-electron chi connectivity index (χ1n) is 21.5. The van der Waals surface area contributed by atoms with Gasteiger partial charge in [0.05, 0.1) is 0 Å². The standard InChI is InChI=1S/C48H54N2O8/c51-39(52)19-15-11-7-3-1-5-9-13-17-29-49-45(55)35-25-21-31-33-23-27-37-44-38(28-24-34(42(33)44)32-22-26-36(46(49)56)43(35)41(31)32)48(58)50(47(37)57)30-18-14-10-6-2-4-8-12-16-20-40(53)54/h21-28H,1-20,29-30H2,(H,51,52)(H,53,54). The van der Waals surface area contributed by atoms with Gasteiger partial charge in [-0.1, -0.05) is 114 Å². The molecule has 0 spiro atoms. The van der Waals surface area contributed by atoms with Crippen LogP contribution in [0.5, 0.6) is 0 Å². The van der Waals surface area contributed by atoms with Gasteiger partial charge in [0.2, 0.25) is 0 Å². The van der Waals surface area contributed by atoms with E-state index in [1.54, 1.807) is 0 Å². The van der Waals surface area contributed by atoms with Gasteiger partial charge in [-0.3, -0.25) is 38.6 Å². The number of hydrogen-bond acceptors (Lipinski definition) is 6. The fourth-order valence-corrected chi connectivity index (χ4v) is 9.34. The molecule has 4 amide bonds. The van der Waals surface area contributed by atoms with Gasteiger partial charge in [-0.05, 0) is 82.3 Å². The largest absolute Gasteiger partial charge is 0.481 e. The zero-order chi connectivity index (χ0) is 40.8. The number of unbranched alkanes of at least 4 members (excludes halogenated alkanes) is 16. The minimum Gasteiger partial charge on any atom is -0.481 e. The Morgan fingerprint density at radius 3 is 0.845 bits per heavy atom. The number of carbonyl (C=O) groups excluding carboxylic acids is 4. The highest BCUT2D eigenvalue weighted by Crippen LogP contribution is 2.46. The highest BCUT2D eigenvalue weighted by Gasteiger charge is 2.36. The van der Waals surface area contributed by atoms with Crippen LogP contribution in [0.4, 0.5) is 0 Å². The van der Waals surface area contributed by atoms with Crippen LogP contribution >= 0.6 is 0 Å². The van der Waals surface area contributed by atoms with E-state index in [1.165, 1.54) is 9.80 Å². The summed E-state index contributed by atoms with van der Waals surface area (Å²) in [6.45, 7) is 0.728. The van der Waals surface area contributed by atoms with Crippen LogP contribution in [0.15, 0.2) is 48.5 Å². The van der Waals surface area contributed by atoms with Crippen molar-refractivity contribution in [2.24, 2.45) is 0 Å². The van der Waals surface area contributed by atoms with Gasteiger partial charge >= 0.3 is 11.9 Å². The van der Waals surface area contributed by atoms with E-state index in [2.05, 4.69) is 0 Å². The zero-order valence-electron chi connectivity index (χ0n) is 33.4. The smallest absolute Gasteiger partial charge is 0.303 e. The van der Waals surface area contributed by atoms with E-state index < -0.39 is 11.9 Å². The Labute approximate surface area is 338 Å². The Balaban J connectivity index is 1.01. The lowest BCUT2D eigenvalue weighted by Crippen LogP contribution is -2.41. The van der Waals surface area contributed by atoms with Crippen molar-refractivity contribution in [2.45, 2.75) is 128 Å². The summed E-state index contributed by atoms with van der Waals surface area (Å²) in [6.07, 6.45) is 17.8. The monoisotopic (exact) mass is 786 g/mol. The van der Waals surface area contributed by atoms with Crippen LogP contribution in [0.2, 0.25) is 0 Å². The molecular formula is C48H54N2O8. The molecule has 0 atom stereocenters. The molecule has 7 rings (SSSR count). The van der Waals surface area contributed by atoms with Gasteiger partial charge in [0.25, 0.3) is 23.6 Å². The Bertz CT molecular complexity index is 2100. The number of carboxylic acid groups (broad SMARTS) is 2. The van der Waals surface area contributed by atoms with Gasteiger partial charge in [-0.2, -0.15) is 0 Å². The zero-order valence-corrected chi connectivity index (χ0v) is 33.4. The summed E-state index contributed by atoms with van der Waals surface area (Å²) >= 11 is 0. The minimum absolute atomic E-state index is 0.235. The molecule has 0 saturated carbocycles. The summed E-state index contributed by atoms with van der Waals surface area (Å²) in [7, 11) is 0. The minimum atomic E-state index is -0.737. The molecule has 58 heavy (non-hydrogen) atoms. The Morgan fingerprint density at radius 2 is 0.586 bits per heavy atom. The summed E-state index contributed by atoms with van der Waals surface area (Å²) < 4.78 is 0. The highest BCUT2D eigenvalue weighted by atomic mass is 16.4. The van der Waals surface area contributed by atoms with Crippen molar-refractivity contribution in [3.63, 3.8) is 0 Å². The van der Waals surface area contributed by atoms with E-state index in [9.17, 15) is 28.8 Å². The van der Waals surface area contributed by atoms with Crippen LogP contribution < -0.4 is 0 Å². The van der Waals surface area contributed by atoms with Gasteiger partial charge in [0.1, 0.15) is 0 Å². The quantitative estimate of drug-likeness (QED) is 0.0272. The van der Waals surface area contributed by atoms with Crippen LogP contribution in [-0.2, 0) is 9.59 Å². The normalized spacial score (nSPS) is 14.0. The first-order valence-corrected chi connectivity index (χ1v) is 21.5. The lowest BCUT2D eigenvalue weighted by atomic mass is 9.82. The molecule has 0 bridgehead atoms. The molecule has 304 valence electrons. The number of nitrogens with zero attached hydrogens (tertiary/aromatic N) is 2. The maximum atomic E-state index is 13.9. The SMILES string of the molecule is O=C(O)CCCCCCCCCCCN1C(=O)c2ccc3c4ccc5c6c(ccc(c7ccc(c2c37)C1=O)c64)C(=O)N(CCCCCCCCCCCC(=O)O)C5=O. The van der Waals surface area contributed by atoms with E-state index >= 15 is 0 Å². The molecule has 10 nitrogen and oxygen atoms in total. The number of carboxylic acids is 2. The second-order valence-corrected chi connectivity index (χ2v) is 16.3. The van der Waals surface area contributed by atoms with Gasteiger partial charge in [-0.25, -0.2) is 0 Å². The molecule has 5 aromatic rings. The van der Waals surface area contributed by atoms with Crippen molar-refractivity contribution in [1.82, 2.24) is 9.80 Å². The molecule has 0 saturated heterocycles. The molecule has 0 fully saturated rings. The predicted molar refractivity (Wildman–Crippen MR) is 226 cm³/mol. The number of amides is 4. The van der Waals surface area contributed by atoms with Crippen molar-refractivity contribution in [1.29, 1.82) is 0 Å². The first kappa shape index (κ1) is 40.8. The summed E-state index contributed by atoms with van der Waals surface area (Å²) in [4.78, 5) is 79.8. The third-order valence-corrected chi connectivity index (χ3v) is 12.3. The molecule has 0 unspecified atom stereocenters. The first-order chi connectivity index (χ1) is 28.2. The number of hydrogen-bond donors (Lipinski definition) is 2. The van der Waals surface area contributed by atoms with E-state index in [4.69, 9.17) is 10.2 Å². The van der Waals surface area contributed by atoms with Gasteiger partial charge in [0.15, 0.2) is 0 Å². The molecule has 0 aromatic heterocycles. The van der Waals surface area contributed by atoms with Crippen molar-refractivity contribution >= 4 is 78.7 Å². The molecule has 10 heteroatoms. The maximum Gasteiger partial charge on any atom is 0.303 e. The average Bonchev–Trinajstić information content (AvgIpc) is 3.21. The van der Waals surface area contributed by atoms with Crippen LogP contribution in [0, 0.1) is 0 Å². The second kappa shape index (κ2) is 18.5. The summed E-state index contributed by atoms with van der Waals surface area (Å²) in [6, 6.07) is 15.1. The van der Waals surface area contributed by atoms with Crippen molar-refractivity contribution in [3.05, 3.63) is 70.8 Å². The summed E-state index contributed by atoms with van der Waals surface area (Å²) in [5.74, 6) is -2.59. The van der Waals surface area contributed by atoms with E-state index in [0.29, 0.717) is 46.1 Å². The number of benzene rings is 5. The molecule has 0 aliphatic carbocycles. The van der Waals surface area contributed by atoms with Crippen LogP contribution in [0.3, 0.4) is 0 Å². The lowest BCUT2D eigenvalue weighted by molar-refractivity contribution is -0.138. The topological polar surface area (TPSA) is 149 Å². The lowest BCUT2D eigenvalue weighted by Gasteiger charge is -2.30. The average molecular weight is 787 g/mol.